The van der Waals surface area contributed by atoms with Crippen LogP contribution in [-0.4, -0.2) is 23.1 Å². The van der Waals surface area contributed by atoms with Crippen LogP contribution in [0.3, 0.4) is 0 Å². The monoisotopic (exact) mass is 242 g/mol. The Hall–Kier alpha value is -1.55. The zero-order valence-corrected chi connectivity index (χ0v) is 9.45. The molecule has 0 aliphatic carbocycles. The lowest BCUT2D eigenvalue weighted by molar-refractivity contribution is 0.0558. The molecular weight excluding hydrogens is 232 g/mol. The van der Waals surface area contributed by atoms with Gasteiger partial charge in [-0.05, 0) is 18.1 Å². The van der Waals surface area contributed by atoms with Crippen LogP contribution in [-0.2, 0) is 11.2 Å². The number of carboxylic acid groups (broad SMARTS) is 1. The molecule has 4 nitrogen and oxygen atoms in total. The number of benzene rings is 1. The van der Waals surface area contributed by atoms with Crippen LogP contribution in [0.15, 0.2) is 18.2 Å². The van der Waals surface area contributed by atoms with Crippen LogP contribution in [0.1, 0.15) is 33.2 Å². The third kappa shape index (κ3) is 2.52. The average Bonchev–Trinajstić information content (AvgIpc) is 2.28. The van der Waals surface area contributed by atoms with Gasteiger partial charge in [-0.2, -0.15) is 0 Å². The van der Waals surface area contributed by atoms with Gasteiger partial charge >= 0.3 is 11.9 Å². The summed E-state index contributed by atoms with van der Waals surface area (Å²) in [5.74, 6) is -1.86. The van der Waals surface area contributed by atoms with Gasteiger partial charge in [0.1, 0.15) is 0 Å². The Labute approximate surface area is 97.8 Å². The Kier molecular flexibility index (Phi) is 4.31. The van der Waals surface area contributed by atoms with Gasteiger partial charge in [-0.15, -0.1) is 0 Å². The highest BCUT2D eigenvalue weighted by Crippen LogP contribution is 2.17. The Bertz CT molecular complexity index is 414. The van der Waals surface area contributed by atoms with E-state index < -0.39 is 11.9 Å². The molecule has 86 valence electrons. The number of carbonyl (C=O) groups is 2. The first kappa shape index (κ1) is 12.5. The summed E-state index contributed by atoms with van der Waals surface area (Å²) >= 11 is 5.26. The molecule has 0 spiro atoms. The Balaban J connectivity index is 3.27. The average molecular weight is 243 g/mol. The Morgan fingerprint density at radius 1 is 1.44 bits per heavy atom. The van der Waals surface area contributed by atoms with Gasteiger partial charge in [0, 0.05) is 0 Å². The van der Waals surface area contributed by atoms with Crippen LogP contribution in [0, 0.1) is 0 Å². The highest BCUT2D eigenvalue weighted by atomic mass is 35.5. The quantitative estimate of drug-likeness (QED) is 0.650. The number of hydrogen-bond donors (Lipinski definition) is 1. The summed E-state index contributed by atoms with van der Waals surface area (Å²) < 4.78 is 4.58. The molecule has 0 saturated carbocycles. The van der Waals surface area contributed by atoms with Gasteiger partial charge in [0.05, 0.1) is 11.1 Å². The van der Waals surface area contributed by atoms with E-state index in [2.05, 4.69) is 4.74 Å². The number of halogens is 1. The smallest absolute Gasteiger partial charge is 0.340 e. The van der Waals surface area contributed by atoms with Gasteiger partial charge in [0.15, 0.2) is 6.07 Å². The normalized spacial score (nSPS) is 9.88. The number of esters is 1. The molecule has 0 heterocycles. The van der Waals surface area contributed by atoms with E-state index in [-0.39, 0.29) is 17.2 Å². The predicted octanol–water partition coefficient (Wildman–Crippen LogP) is 2.30. The number of aromatic carboxylic acids is 1. The molecule has 16 heavy (non-hydrogen) atoms. The second kappa shape index (κ2) is 5.51. The fourth-order valence-corrected chi connectivity index (χ4v) is 1.54. The summed E-state index contributed by atoms with van der Waals surface area (Å²) in [6.45, 7) is 1.82. The van der Waals surface area contributed by atoms with Crippen molar-refractivity contribution in [3.05, 3.63) is 34.9 Å². The van der Waals surface area contributed by atoms with Crippen LogP contribution in [0.4, 0.5) is 0 Å². The number of ether oxygens (including phenoxy) is 1. The van der Waals surface area contributed by atoms with Crippen molar-refractivity contribution in [1.29, 1.82) is 0 Å². The van der Waals surface area contributed by atoms with Crippen molar-refractivity contribution >= 4 is 23.5 Å². The number of aryl methyl sites for hydroxylation is 1. The first-order valence-corrected chi connectivity index (χ1v) is 5.23. The maximum atomic E-state index is 11.5. The Morgan fingerprint density at radius 3 is 2.62 bits per heavy atom. The van der Waals surface area contributed by atoms with Gasteiger partial charge in [0.25, 0.3) is 0 Å². The van der Waals surface area contributed by atoms with Crippen molar-refractivity contribution in [3.63, 3.8) is 0 Å². The predicted molar refractivity (Wildman–Crippen MR) is 58.9 cm³/mol. The molecule has 1 aromatic carbocycles. The minimum Gasteiger partial charge on any atom is -0.478 e. The van der Waals surface area contributed by atoms with E-state index >= 15 is 0 Å². The van der Waals surface area contributed by atoms with Gasteiger partial charge in [-0.1, -0.05) is 30.7 Å². The zero-order valence-electron chi connectivity index (χ0n) is 8.70. The maximum absolute atomic E-state index is 11.5. The topological polar surface area (TPSA) is 63.6 Å². The van der Waals surface area contributed by atoms with Crippen molar-refractivity contribution in [3.8, 4) is 0 Å². The second-order valence-electron chi connectivity index (χ2n) is 3.04. The number of hydrogen-bond acceptors (Lipinski definition) is 3. The molecule has 0 saturated heterocycles. The van der Waals surface area contributed by atoms with Crippen LogP contribution in [0.5, 0.6) is 0 Å². The van der Waals surface area contributed by atoms with E-state index in [1.807, 2.05) is 6.92 Å². The van der Waals surface area contributed by atoms with Gasteiger partial charge < -0.3 is 9.84 Å². The van der Waals surface area contributed by atoms with Crippen molar-refractivity contribution in [2.24, 2.45) is 0 Å². The minimum atomic E-state index is -1.14. The fourth-order valence-electron chi connectivity index (χ4n) is 1.44. The lowest BCUT2D eigenvalue weighted by atomic mass is 9.99. The summed E-state index contributed by atoms with van der Waals surface area (Å²) in [5.41, 5.74) is 0.615. The fraction of sp³-hybridized carbons (Fsp3) is 0.273. The zero-order chi connectivity index (χ0) is 12.1. The van der Waals surface area contributed by atoms with Crippen molar-refractivity contribution in [2.45, 2.75) is 13.3 Å². The third-order valence-corrected chi connectivity index (χ3v) is 2.26. The number of alkyl halides is 1. The van der Waals surface area contributed by atoms with E-state index in [0.717, 1.165) is 0 Å². The molecule has 1 rings (SSSR count). The van der Waals surface area contributed by atoms with Gasteiger partial charge in [-0.25, -0.2) is 9.59 Å². The minimum absolute atomic E-state index is 0.0138. The summed E-state index contributed by atoms with van der Waals surface area (Å²) in [5, 5.41) is 9.05. The highest BCUT2D eigenvalue weighted by Gasteiger charge is 2.20. The first-order valence-electron chi connectivity index (χ1n) is 4.70. The standard InChI is InChI=1S/C11H11ClO4/c1-2-7-4-3-5-8(9(7)10(13)14)11(15)16-6-12/h3-5H,2,6H2,1H3,(H,13,14). The van der Waals surface area contributed by atoms with E-state index in [0.29, 0.717) is 12.0 Å². The van der Waals surface area contributed by atoms with E-state index in [9.17, 15) is 9.59 Å². The summed E-state index contributed by atoms with van der Waals surface area (Å²) in [6.07, 6.45) is 0.531. The maximum Gasteiger partial charge on any atom is 0.340 e. The van der Waals surface area contributed by atoms with E-state index in [4.69, 9.17) is 16.7 Å². The second-order valence-corrected chi connectivity index (χ2v) is 3.26. The molecule has 5 heteroatoms. The lowest BCUT2D eigenvalue weighted by Gasteiger charge is -2.08. The summed E-state index contributed by atoms with van der Waals surface area (Å²) in [6, 6.07) is 4.41. The number of rotatable bonds is 4. The van der Waals surface area contributed by atoms with Crippen molar-refractivity contribution < 1.29 is 19.4 Å². The van der Waals surface area contributed by atoms with E-state index in [1.54, 1.807) is 12.1 Å². The first-order chi connectivity index (χ1) is 7.61. The highest BCUT2D eigenvalue weighted by molar-refractivity contribution is 6.18. The molecule has 0 aromatic heterocycles. The summed E-state index contributed by atoms with van der Waals surface area (Å²) in [7, 11) is 0. The molecule has 0 radical (unpaired) electrons. The molecule has 0 amide bonds. The lowest BCUT2D eigenvalue weighted by Crippen LogP contribution is -2.13. The number of carbonyl (C=O) groups excluding carboxylic acids is 1. The van der Waals surface area contributed by atoms with Gasteiger partial charge in [-0.3, -0.25) is 0 Å². The molecule has 0 aliphatic rings. The molecular formula is C11H11ClO4. The molecule has 1 N–H and O–H groups in total. The molecule has 0 unspecified atom stereocenters. The number of carboxylic acids is 1. The van der Waals surface area contributed by atoms with Crippen molar-refractivity contribution in [2.75, 3.05) is 6.07 Å². The van der Waals surface area contributed by atoms with Crippen LogP contribution in [0.2, 0.25) is 0 Å². The molecule has 0 fully saturated rings. The van der Waals surface area contributed by atoms with Crippen LogP contribution >= 0.6 is 11.6 Å². The molecule has 1 aromatic rings. The van der Waals surface area contributed by atoms with Gasteiger partial charge in [0.2, 0.25) is 0 Å². The van der Waals surface area contributed by atoms with Crippen LogP contribution < -0.4 is 0 Å². The SMILES string of the molecule is CCc1cccc(C(=O)OCCl)c1C(=O)O. The third-order valence-electron chi connectivity index (χ3n) is 2.15. The summed E-state index contributed by atoms with van der Waals surface area (Å²) in [4.78, 5) is 22.5. The molecule has 0 aliphatic heterocycles. The molecule has 0 atom stereocenters. The van der Waals surface area contributed by atoms with Crippen molar-refractivity contribution in [1.82, 2.24) is 0 Å². The van der Waals surface area contributed by atoms with E-state index in [1.165, 1.54) is 6.07 Å². The molecule has 0 bridgehead atoms. The largest absolute Gasteiger partial charge is 0.478 e. The van der Waals surface area contributed by atoms with Crippen LogP contribution in [0.25, 0.3) is 0 Å². The Morgan fingerprint density at radius 2 is 2.12 bits per heavy atom.